The molecule has 120 valence electrons. The average Bonchev–Trinajstić information content (AvgIpc) is 2.49. The Bertz CT molecular complexity index is 729. The fraction of sp³-hybridized carbons (Fsp3) is 0.176. The molecule has 0 fully saturated rings. The van der Waals surface area contributed by atoms with E-state index in [9.17, 15) is 9.59 Å². The molecule has 2 aromatic rings. The maximum Gasteiger partial charge on any atom is 0.221 e. The fourth-order valence-corrected chi connectivity index (χ4v) is 2.42. The van der Waals surface area contributed by atoms with E-state index in [1.165, 1.54) is 6.92 Å². The van der Waals surface area contributed by atoms with Gasteiger partial charge in [0.2, 0.25) is 11.7 Å². The molecular weight excluding hydrogens is 337 g/mol. The molecule has 0 saturated carbocycles. The molecule has 1 N–H and O–H groups in total. The van der Waals surface area contributed by atoms with Gasteiger partial charge in [-0.15, -0.1) is 0 Å². The van der Waals surface area contributed by atoms with E-state index in [0.717, 1.165) is 0 Å². The van der Waals surface area contributed by atoms with Crippen LogP contribution in [-0.4, -0.2) is 17.8 Å². The third-order valence-electron chi connectivity index (χ3n) is 3.06. The molecule has 0 aromatic heterocycles. The predicted octanol–water partition coefficient (Wildman–Crippen LogP) is 4.60. The van der Waals surface area contributed by atoms with Crippen LogP contribution in [0.2, 0.25) is 10.0 Å². The van der Waals surface area contributed by atoms with Gasteiger partial charge in [0.25, 0.3) is 0 Å². The number of rotatable bonds is 5. The number of carbonyl (C=O) groups is 2. The van der Waals surface area contributed by atoms with Gasteiger partial charge in [0.15, 0.2) is 6.10 Å². The first-order chi connectivity index (χ1) is 10.9. The smallest absolute Gasteiger partial charge is 0.221 e. The number of hydrogen-bond acceptors (Lipinski definition) is 3. The van der Waals surface area contributed by atoms with E-state index in [4.69, 9.17) is 27.9 Å². The van der Waals surface area contributed by atoms with E-state index in [-0.39, 0.29) is 11.7 Å². The normalized spacial score (nSPS) is 11.7. The van der Waals surface area contributed by atoms with E-state index in [1.54, 1.807) is 49.4 Å². The number of ketones is 1. The van der Waals surface area contributed by atoms with Crippen molar-refractivity contribution in [2.24, 2.45) is 0 Å². The number of halogens is 2. The third kappa shape index (κ3) is 4.71. The van der Waals surface area contributed by atoms with Crippen molar-refractivity contribution in [2.75, 3.05) is 5.32 Å². The largest absolute Gasteiger partial charge is 0.481 e. The van der Waals surface area contributed by atoms with Crippen molar-refractivity contribution in [1.82, 2.24) is 0 Å². The van der Waals surface area contributed by atoms with E-state index in [1.807, 2.05) is 0 Å². The Morgan fingerprint density at radius 2 is 1.74 bits per heavy atom. The van der Waals surface area contributed by atoms with Crippen molar-refractivity contribution in [3.05, 3.63) is 58.1 Å². The van der Waals surface area contributed by atoms with Crippen LogP contribution in [0.15, 0.2) is 42.5 Å². The number of hydrogen-bond donors (Lipinski definition) is 1. The molecular formula is C17H15Cl2NO3. The lowest BCUT2D eigenvalue weighted by Crippen LogP contribution is -2.24. The number of nitrogens with one attached hydrogen (secondary N) is 1. The van der Waals surface area contributed by atoms with Gasteiger partial charge in [-0.3, -0.25) is 9.59 Å². The molecule has 0 unspecified atom stereocenters. The van der Waals surface area contributed by atoms with Crippen LogP contribution in [-0.2, 0) is 4.79 Å². The number of benzene rings is 2. The molecule has 2 rings (SSSR count). The van der Waals surface area contributed by atoms with E-state index in [2.05, 4.69) is 5.32 Å². The highest BCUT2D eigenvalue weighted by Crippen LogP contribution is 2.28. The number of Topliss-reactive ketones (excluding diaryl/α,β-unsaturated/α-hetero) is 1. The Balaban J connectivity index is 2.08. The number of ether oxygens (including phenoxy) is 1. The second-order valence-corrected chi connectivity index (χ2v) is 5.80. The summed E-state index contributed by atoms with van der Waals surface area (Å²) in [6, 6.07) is 11.4. The van der Waals surface area contributed by atoms with Crippen LogP contribution >= 0.6 is 23.2 Å². The van der Waals surface area contributed by atoms with Gasteiger partial charge in [-0.05, 0) is 49.4 Å². The van der Waals surface area contributed by atoms with Crippen molar-refractivity contribution in [3.8, 4) is 5.75 Å². The van der Waals surface area contributed by atoms with Gasteiger partial charge in [-0.1, -0.05) is 23.2 Å². The minimum absolute atomic E-state index is 0.168. The molecule has 2 aromatic carbocycles. The summed E-state index contributed by atoms with van der Waals surface area (Å²) in [5.41, 5.74) is 1.11. The highest BCUT2D eigenvalue weighted by Gasteiger charge is 2.18. The summed E-state index contributed by atoms with van der Waals surface area (Å²) in [5, 5.41) is 3.48. The molecule has 0 radical (unpaired) electrons. The molecule has 6 heteroatoms. The van der Waals surface area contributed by atoms with Gasteiger partial charge in [0, 0.05) is 23.2 Å². The van der Waals surface area contributed by atoms with Gasteiger partial charge in [-0.25, -0.2) is 0 Å². The van der Waals surface area contributed by atoms with E-state index < -0.39 is 6.10 Å². The third-order valence-corrected chi connectivity index (χ3v) is 3.59. The molecule has 0 aliphatic heterocycles. The van der Waals surface area contributed by atoms with Gasteiger partial charge < -0.3 is 10.1 Å². The topological polar surface area (TPSA) is 55.4 Å². The summed E-state index contributed by atoms with van der Waals surface area (Å²) in [6.07, 6.45) is -0.708. The van der Waals surface area contributed by atoms with Crippen molar-refractivity contribution >= 4 is 40.6 Å². The molecule has 0 bridgehead atoms. The highest BCUT2D eigenvalue weighted by molar-refractivity contribution is 6.35. The molecule has 0 spiro atoms. The first kappa shape index (κ1) is 17.3. The van der Waals surface area contributed by atoms with Crippen molar-refractivity contribution < 1.29 is 14.3 Å². The Morgan fingerprint density at radius 3 is 2.30 bits per heavy atom. The summed E-state index contributed by atoms with van der Waals surface area (Å²) in [4.78, 5) is 23.4. The monoisotopic (exact) mass is 351 g/mol. The first-order valence-electron chi connectivity index (χ1n) is 6.90. The maximum atomic E-state index is 12.4. The minimum atomic E-state index is -0.708. The van der Waals surface area contributed by atoms with Crippen LogP contribution in [0.3, 0.4) is 0 Å². The zero-order chi connectivity index (χ0) is 17.0. The molecule has 0 aliphatic rings. The zero-order valence-corrected chi connectivity index (χ0v) is 14.1. The maximum absolute atomic E-state index is 12.4. The average molecular weight is 352 g/mol. The van der Waals surface area contributed by atoms with Crippen LogP contribution in [0.5, 0.6) is 5.75 Å². The predicted molar refractivity (Wildman–Crippen MR) is 91.6 cm³/mol. The Morgan fingerprint density at radius 1 is 1.09 bits per heavy atom. The standard InChI is InChI=1S/C17H15Cl2NO3/c1-10(23-16-8-5-13(18)9-15(16)19)17(22)12-3-6-14(7-4-12)20-11(2)21/h3-10H,1-2H3,(H,20,21)/t10-/m1/s1. The molecule has 1 atom stereocenters. The Labute approximate surface area is 144 Å². The van der Waals surface area contributed by atoms with Crippen molar-refractivity contribution in [2.45, 2.75) is 20.0 Å². The second-order valence-electron chi connectivity index (χ2n) is 4.96. The second kappa shape index (κ2) is 7.49. The van der Waals surface area contributed by atoms with E-state index >= 15 is 0 Å². The first-order valence-corrected chi connectivity index (χ1v) is 7.66. The van der Waals surface area contributed by atoms with Gasteiger partial charge in [0.1, 0.15) is 5.75 Å². The quantitative estimate of drug-likeness (QED) is 0.800. The molecule has 1 amide bonds. The van der Waals surface area contributed by atoms with Crippen LogP contribution in [0, 0.1) is 0 Å². The van der Waals surface area contributed by atoms with Crippen LogP contribution in [0.1, 0.15) is 24.2 Å². The lowest BCUT2D eigenvalue weighted by molar-refractivity contribution is -0.114. The summed E-state index contributed by atoms with van der Waals surface area (Å²) in [5.74, 6) is 0.0373. The summed E-state index contributed by atoms with van der Waals surface area (Å²) in [7, 11) is 0. The van der Waals surface area contributed by atoms with Crippen LogP contribution < -0.4 is 10.1 Å². The SMILES string of the molecule is CC(=O)Nc1ccc(C(=O)[C@@H](C)Oc2ccc(Cl)cc2Cl)cc1. The molecule has 0 aliphatic carbocycles. The minimum Gasteiger partial charge on any atom is -0.481 e. The number of carbonyl (C=O) groups excluding carboxylic acids is 2. The summed E-state index contributed by atoms with van der Waals surface area (Å²) in [6.45, 7) is 3.07. The van der Waals surface area contributed by atoms with Crippen LogP contribution in [0.4, 0.5) is 5.69 Å². The van der Waals surface area contributed by atoms with Crippen LogP contribution in [0.25, 0.3) is 0 Å². The van der Waals surface area contributed by atoms with Crippen molar-refractivity contribution in [3.63, 3.8) is 0 Å². The van der Waals surface area contributed by atoms with Gasteiger partial charge in [0.05, 0.1) is 5.02 Å². The number of anilines is 1. The Kier molecular flexibility index (Phi) is 5.64. The lowest BCUT2D eigenvalue weighted by Gasteiger charge is -2.15. The molecule has 0 saturated heterocycles. The van der Waals surface area contributed by atoms with E-state index in [0.29, 0.717) is 27.0 Å². The van der Waals surface area contributed by atoms with Gasteiger partial charge >= 0.3 is 0 Å². The summed E-state index contributed by atoms with van der Waals surface area (Å²) >= 11 is 11.9. The fourth-order valence-electron chi connectivity index (χ4n) is 1.97. The molecule has 23 heavy (non-hydrogen) atoms. The highest BCUT2D eigenvalue weighted by atomic mass is 35.5. The summed E-state index contributed by atoms with van der Waals surface area (Å²) < 4.78 is 5.60. The van der Waals surface area contributed by atoms with Crippen molar-refractivity contribution in [1.29, 1.82) is 0 Å². The number of amides is 1. The zero-order valence-electron chi connectivity index (χ0n) is 12.6. The molecule has 0 heterocycles. The lowest BCUT2D eigenvalue weighted by atomic mass is 10.1. The van der Waals surface area contributed by atoms with Gasteiger partial charge in [-0.2, -0.15) is 0 Å². The molecule has 4 nitrogen and oxygen atoms in total. The Hall–Kier alpha value is -2.04.